The maximum absolute atomic E-state index is 11.3. The third kappa shape index (κ3) is 7.02. The largest absolute Gasteiger partial charge is 0.491 e. The number of rotatable bonds is 11. The van der Waals surface area contributed by atoms with E-state index in [1.54, 1.807) is 24.3 Å². The van der Waals surface area contributed by atoms with Crippen LogP contribution in [-0.2, 0) is 0 Å². The Hall–Kier alpha value is -1.43. The van der Waals surface area contributed by atoms with Gasteiger partial charge in [0.15, 0.2) is 5.78 Å². The van der Waals surface area contributed by atoms with Gasteiger partial charge in [0.05, 0.1) is 6.61 Å². The predicted molar refractivity (Wildman–Crippen MR) is 86.4 cm³/mol. The van der Waals surface area contributed by atoms with Crippen LogP contribution in [0.25, 0.3) is 0 Å². The van der Waals surface area contributed by atoms with Crippen LogP contribution in [0.2, 0.25) is 0 Å². The lowest BCUT2D eigenvalue weighted by molar-refractivity contribution is 0.0613. The monoisotopic (exact) mass is 309 g/mol. The number of ketones is 1. The number of benzene rings is 1. The molecule has 0 saturated carbocycles. The van der Waals surface area contributed by atoms with Gasteiger partial charge in [-0.2, -0.15) is 0 Å². The van der Waals surface area contributed by atoms with Crippen LogP contribution in [0.1, 0.15) is 37.0 Å². The molecule has 5 nitrogen and oxygen atoms in total. The molecule has 0 radical (unpaired) electrons. The Morgan fingerprint density at radius 3 is 2.77 bits per heavy atom. The molecule has 0 aliphatic rings. The summed E-state index contributed by atoms with van der Waals surface area (Å²) in [6.45, 7) is 5.73. The number of hydrogen-bond donors (Lipinski definition) is 2. The molecule has 124 valence electrons. The first kappa shape index (κ1) is 18.6. The van der Waals surface area contributed by atoms with Gasteiger partial charge in [-0.15, -0.1) is 0 Å². The Bertz CT molecular complexity index is 450. The number of Topliss-reactive ketones (excluding diaryl/α,β-unsaturated/α-hetero) is 1. The van der Waals surface area contributed by atoms with Crippen molar-refractivity contribution in [3.63, 3.8) is 0 Å². The normalized spacial score (nSPS) is 12.4. The van der Waals surface area contributed by atoms with Crippen LogP contribution in [0.4, 0.5) is 0 Å². The van der Waals surface area contributed by atoms with Crippen LogP contribution in [0, 0.1) is 0 Å². The van der Waals surface area contributed by atoms with E-state index in [2.05, 4.69) is 6.92 Å². The highest BCUT2D eigenvalue weighted by Gasteiger charge is 2.12. The van der Waals surface area contributed by atoms with E-state index >= 15 is 0 Å². The number of aliphatic hydroxyl groups excluding tert-OH is 2. The number of carbonyl (C=O) groups excluding carboxylic acids is 1. The van der Waals surface area contributed by atoms with E-state index in [9.17, 15) is 9.90 Å². The first-order chi connectivity index (χ1) is 10.6. The third-order valence-electron chi connectivity index (χ3n) is 3.40. The summed E-state index contributed by atoms with van der Waals surface area (Å²) in [5, 5.41) is 19.1. The molecule has 5 heteroatoms. The highest BCUT2D eigenvalue weighted by atomic mass is 16.5. The molecule has 0 fully saturated rings. The summed E-state index contributed by atoms with van der Waals surface area (Å²) in [6.07, 6.45) is 1.48. The van der Waals surface area contributed by atoms with E-state index in [0.29, 0.717) is 24.4 Å². The summed E-state index contributed by atoms with van der Waals surface area (Å²) in [4.78, 5) is 13.3. The molecular weight excluding hydrogens is 282 g/mol. The van der Waals surface area contributed by atoms with Crippen LogP contribution >= 0.6 is 0 Å². The van der Waals surface area contributed by atoms with Gasteiger partial charge in [0.25, 0.3) is 0 Å². The van der Waals surface area contributed by atoms with Gasteiger partial charge in [0.1, 0.15) is 18.5 Å². The standard InChI is InChI=1S/C17H27NO4/c1-3-4-8-18(9-10-19)12-16(21)13-22-17-7-5-6-15(11-17)14(2)20/h5-7,11,16,19,21H,3-4,8-10,12-13H2,1-2H3. The minimum Gasteiger partial charge on any atom is -0.491 e. The maximum atomic E-state index is 11.3. The summed E-state index contributed by atoms with van der Waals surface area (Å²) in [5.74, 6) is 0.564. The Morgan fingerprint density at radius 1 is 1.36 bits per heavy atom. The second-order valence-electron chi connectivity index (χ2n) is 5.43. The average Bonchev–Trinajstić information content (AvgIpc) is 2.51. The molecule has 1 unspecified atom stereocenters. The number of unbranched alkanes of at least 4 members (excludes halogenated alkanes) is 1. The fourth-order valence-corrected chi connectivity index (χ4v) is 2.17. The van der Waals surface area contributed by atoms with Gasteiger partial charge < -0.3 is 14.9 Å². The van der Waals surface area contributed by atoms with Crippen molar-refractivity contribution in [2.24, 2.45) is 0 Å². The molecule has 22 heavy (non-hydrogen) atoms. The highest BCUT2D eigenvalue weighted by Crippen LogP contribution is 2.14. The van der Waals surface area contributed by atoms with Gasteiger partial charge in [-0.3, -0.25) is 9.69 Å². The summed E-state index contributed by atoms with van der Waals surface area (Å²) < 4.78 is 5.55. The first-order valence-corrected chi connectivity index (χ1v) is 7.82. The summed E-state index contributed by atoms with van der Waals surface area (Å²) in [6, 6.07) is 6.94. The van der Waals surface area contributed by atoms with Crippen LogP contribution in [-0.4, -0.2) is 59.8 Å². The Labute approximate surface area is 132 Å². The van der Waals surface area contributed by atoms with Crippen molar-refractivity contribution in [3.05, 3.63) is 29.8 Å². The zero-order chi connectivity index (χ0) is 16.4. The highest BCUT2D eigenvalue weighted by molar-refractivity contribution is 5.94. The van der Waals surface area contributed by atoms with Crippen molar-refractivity contribution in [1.29, 1.82) is 0 Å². The van der Waals surface area contributed by atoms with E-state index in [0.717, 1.165) is 19.4 Å². The SMILES string of the molecule is CCCCN(CCO)CC(O)COc1cccc(C(C)=O)c1. The molecule has 1 aromatic carbocycles. The molecule has 0 heterocycles. The van der Waals surface area contributed by atoms with Crippen molar-refractivity contribution in [2.45, 2.75) is 32.8 Å². The topological polar surface area (TPSA) is 70.0 Å². The molecular formula is C17H27NO4. The minimum absolute atomic E-state index is 0.0142. The van der Waals surface area contributed by atoms with Gasteiger partial charge in [0, 0.05) is 18.7 Å². The van der Waals surface area contributed by atoms with E-state index in [4.69, 9.17) is 9.84 Å². The van der Waals surface area contributed by atoms with Crippen molar-refractivity contribution < 1.29 is 19.7 Å². The van der Waals surface area contributed by atoms with Crippen LogP contribution < -0.4 is 4.74 Å². The van der Waals surface area contributed by atoms with Gasteiger partial charge in [-0.25, -0.2) is 0 Å². The molecule has 0 aliphatic heterocycles. The molecule has 0 aromatic heterocycles. The molecule has 0 saturated heterocycles. The van der Waals surface area contributed by atoms with Crippen molar-refractivity contribution in [3.8, 4) is 5.75 Å². The smallest absolute Gasteiger partial charge is 0.159 e. The lowest BCUT2D eigenvalue weighted by atomic mass is 10.1. The lowest BCUT2D eigenvalue weighted by Gasteiger charge is -2.24. The molecule has 0 bridgehead atoms. The Morgan fingerprint density at radius 2 is 2.14 bits per heavy atom. The zero-order valence-electron chi connectivity index (χ0n) is 13.5. The Balaban J connectivity index is 2.45. The summed E-state index contributed by atoms with van der Waals surface area (Å²) in [7, 11) is 0. The quantitative estimate of drug-likeness (QED) is 0.609. The third-order valence-corrected chi connectivity index (χ3v) is 3.40. The van der Waals surface area contributed by atoms with Gasteiger partial charge in [-0.05, 0) is 32.0 Å². The molecule has 1 aromatic rings. The summed E-state index contributed by atoms with van der Waals surface area (Å²) in [5.41, 5.74) is 0.594. The van der Waals surface area contributed by atoms with Crippen molar-refractivity contribution in [1.82, 2.24) is 4.90 Å². The van der Waals surface area contributed by atoms with E-state index < -0.39 is 6.10 Å². The van der Waals surface area contributed by atoms with Gasteiger partial charge in [0.2, 0.25) is 0 Å². The second-order valence-corrected chi connectivity index (χ2v) is 5.43. The van der Waals surface area contributed by atoms with Gasteiger partial charge >= 0.3 is 0 Å². The molecule has 0 aliphatic carbocycles. The number of nitrogens with zero attached hydrogens (tertiary/aromatic N) is 1. The average molecular weight is 309 g/mol. The zero-order valence-corrected chi connectivity index (χ0v) is 13.5. The molecule has 1 atom stereocenters. The molecule has 1 rings (SSSR count). The van der Waals surface area contributed by atoms with Crippen LogP contribution in [0.3, 0.4) is 0 Å². The number of hydrogen-bond acceptors (Lipinski definition) is 5. The van der Waals surface area contributed by atoms with Gasteiger partial charge in [-0.1, -0.05) is 25.5 Å². The van der Waals surface area contributed by atoms with E-state index in [1.165, 1.54) is 6.92 Å². The predicted octanol–water partition coefficient (Wildman–Crippen LogP) is 1.72. The summed E-state index contributed by atoms with van der Waals surface area (Å²) >= 11 is 0. The first-order valence-electron chi connectivity index (χ1n) is 7.82. The number of aliphatic hydroxyl groups is 2. The molecule has 0 spiro atoms. The van der Waals surface area contributed by atoms with Crippen LogP contribution in [0.15, 0.2) is 24.3 Å². The fourth-order valence-electron chi connectivity index (χ4n) is 2.17. The molecule has 0 amide bonds. The minimum atomic E-state index is -0.635. The fraction of sp³-hybridized carbons (Fsp3) is 0.588. The molecule has 2 N–H and O–H groups in total. The second kappa shape index (κ2) is 10.3. The van der Waals surface area contributed by atoms with Crippen molar-refractivity contribution in [2.75, 3.05) is 32.8 Å². The van der Waals surface area contributed by atoms with E-state index in [1.807, 2.05) is 4.90 Å². The van der Waals surface area contributed by atoms with E-state index in [-0.39, 0.29) is 19.0 Å². The van der Waals surface area contributed by atoms with Crippen molar-refractivity contribution >= 4 is 5.78 Å². The number of carbonyl (C=O) groups is 1. The maximum Gasteiger partial charge on any atom is 0.159 e. The number of ether oxygens (including phenoxy) is 1. The van der Waals surface area contributed by atoms with Crippen LogP contribution in [0.5, 0.6) is 5.75 Å². The lowest BCUT2D eigenvalue weighted by Crippen LogP contribution is -2.37. The Kier molecular flexibility index (Phi) is 8.74.